The number of hydrogen-bond donors (Lipinski definition) is 0. The highest BCUT2D eigenvalue weighted by molar-refractivity contribution is 6.32. The zero-order chi connectivity index (χ0) is 15.9. The summed E-state index contributed by atoms with van der Waals surface area (Å²) >= 11 is 6.05. The van der Waals surface area contributed by atoms with Crippen molar-refractivity contribution in [3.63, 3.8) is 0 Å². The fraction of sp³-hybridized carbons (Fsp3) is 0.235. The van der Waals surface area contributed by atoms with Crippen molar-refractivity contribution in [2.75, 3.05) is 20.3 Å². The minimum atomic E-state index is 0.334. The molecule has 0 fully saturated rings. The molecule has 0 aromatic heterocycles. The molecule has 0 saturated carbocycles. The van der Waals surface area contributed by atoms with Gasteiger partial charge < -0.3 is 14.2 Å². The molecule has 0 amide bonds. The van der Waals surface area contributed by atoms with Gasteiger partial charge in [-0.15, -0.1) is 0 Å². The Labute approximate surface area is 134 Å². The van der Waals surface area contributed by atoms with Gasteiger partial charge in [-0.2, -0.15) is 0 Å². The van der Waals surface area contributed by atoms with Crippen LogP contribution in [0.1, 0.15) is 15.9 Å². The van der Waals surface area contributed by atoms with Crippen LogP contribution in [0.4, 0.5) is 0 Å². The summed E-state index contributed by atoms with van der Waals surface area (Å²) in [5.74, 6) is 1.71. The van der Waals surface area contributed by atoms with Crippen LogP contribution < -0.4 is 14.2 Å². The summed E-state index contributed by atoms with van der Waals surface area (Å²) in [7, 11) is 1.53. The number of aryl methyl sites for hydroxylation is 1. The van der Waals surface area contributed by atoms with E-state index in [0.717, 1.165) is 11.8 Å². The summed E-state index contributed by atoms with van der Waals surface area (Å²) in [4.78, 5) is 10.7. The van der Waals surface area contributed by atoms with Crippen molar-refractivity contribution in [3.05, 3.63) is 52.5 Å². The number of carbonyl (C=O) groups excluding carboxylic acids is 1. The van der Waals surface area contributed by atoms with Gasteiger partial charge in [0.15, 0.2) is 11.5 Å². The molecule has 0 radical (unpaired) electrons. The van der Waals surface area contributed by atoms with Crippen LogP contribution in [0.25, 0.3) is 0 Å². The lowest BCUT2D eigenvalue weighted by Crippen LogP contribution is -2.10. The van der Waals surface area contributed by atoms with E-state index in [1.165, 1.54) is 7.11 Å². The van der Waals surface area contributed by atoms with Crippen molar-refractivity contribution in [1.29, 1.82) is 0 Å². The van der Waals surface area contributed by atoms with Gasteiger partial charge in [0, 0.05) is 5.56 Å². The first-order chi connectivity index (χ1) is 10.6. The van der Waals surface area contributed by atoms with Crippen molar-refractivity contribution in [2.24, 2.45) is 0 Å². The summed E-state index contributed by atoms with van der Waals surface area (Å²) in [6, 6.07) is 10.6. The standard InChI is InChI=1S/C17H17ClO4/c1-12-3-5-14(18)16(9-12)22-8-7-21-15-6-4-13(11-19)10-17(15)20-2/h3-6,9-11H,7-8H2,1-2H3. The van der Waals surface area contributed by atoms with E-state index < -0.39 is 0 Å². The van der Waals surface area contributed by atoms with Gasteiger partial charge in [-0.25, -0.2) is 0 Å². The average molecular weight is 321 g/mol. The lowest BCUT2D eigenvalue weighted by atomic mass is 10.2. The SMILES string of the molecule is COc1cc(C=O)ccc1OCCOc1cc(C)ccc1Cl. The molecule has 5 heteroatoms. The highest BCUT2D eigenvalue weighted by Gasteiger charge is 2.06. The van der Waals surface area contributed by atoms with Gasteiger partial charge in [0.2, 0.25) is 0 Å². The second-order valence-corrected chi connectivity index (χ2v) is 5.07. The van der Waals surface area contributed by atoms with E-state index in [0.29, 0.717) is 41.0 Å². The Bertz CT molecular complexity index is 655. The highest BCUT2D eigenvalue weighted by atomic mass is 35.5. The predicted molar refractivity (Wildman–Crippen MR) is 85.6 cm³/mol. The molecule has 2 rings (SSSR count). The van der Waals surface area contributed by atoms with Gasteiger partial charge in [0.25, 0.3) is 0 Å². The minimum Gasteiger partial charge on any atom is -0.493 e. The molecule has 0 aliphatic carbocycles. The first-order valence-electron chi connectivity index (χ1n) is 6.79. The van der Waals surface area contributed by atoms with Crippen LogP contribution in [0, 0.1) is 6.92 Å². The van der Waals surface area contributed by atoms with E-state index in [9.17, 15) is 4.79 Å². The lowest BCUT2D eigenvalue weighted by Gasteiger charge is -2.12. The third kappa shape index (κ3) is 4.15. The third-order valence-electron chi connectivity index (χ3n) is 3.01. The van der Waals surface area contributed by atoms with E-state index in [2.05, 4.69) is 0 Å². The maximum Gasteiger partial charge on any atom is 0.161 e. The van der Waals surface area contributed by atoms with Crippen molar-refractivity contribution >= 4 is 17.9 Å². The second-order valence-electron chi connectivity index (χ2n) is 4.66. The molecule has 0 aliphatic rings. The van der Waals surface area contributed by atoms with Gasteiger partial charge in [0.1, 0.15) is 25.2 Å². The van der Waals surface area contributed by atoms with E-state index in [1.54, 1.807) is 24.3 Å². The van der Waals surface area contributed by atoms with Crippen LogP contribution in [-0.4, -0.2) is 26.6 Å². The lowest BCUT2D eigenvalue weighted by molar-refractivity contribution is 0.112. The molecule has 0 bridgehead atoms. The molecule has 2 aromatic carbocycles. The summed E-state index contributed by atoms with van der Waals surface area (Å²) in [5.41, 5.74) is 1.61. The summed E-state index contributed by atoms with van der Waals surface area (Å²) in [6.45, 7) is 2.65. The molecule has 116 valence electrons. The molecule has 2 aromatic rings. The van der Waals surface area contributed by atoms with Crippen LogP contribution in [-0.2, 0) is 0 Å². The monoisotopic (exact) mass is 320 g/mol. The molecule has 22 heavy (non-hydrogen) atoms. The van der Waals surface area contributed by atoms with Crippen LogP contribution in [0.2, 0.25) is 5.02 Å². The van der Waals surface area contributed by atoms with Crippen LogP contribution in [0.5, 0.6) is 17.2 Å². The summed E-state index contributed by atoms with van der Waals surface area (Å²) in [6.07, 6.45) is 0.759. The zero-order valence-corrected chi connectivity index (χ0v) is 13.2. The molecule has 0 atom stereocenters. The summed E-state index contributed by atoms with van der Waals surface area (Å²) in [5, 5.41) is 0.568. The second kappa shape index (κ2) is 7.71. The fourth-order valence-electron chi connectivity index (χ4n) is 1.90. The van der Waals surface area contributed by atoms with Gasteiger partial charge in [-0.3, -0.25) is 4.79 Å². The molecular weight excluding hydrogens is 304 g/mol. The first-order valence-corrected chi connectivity index (χ1v) is 7.17. The topological polar surface area (TPSA) is 44.8 Å². The van der Waals surface area contributed by atoms with Crippen molar-refractivity contribution in [2.45, 2.75) is 6.92 Å². The first kappa shape index (κ1) is 16.2. The van der Waals surface area contributed by atoms with Gasteiger partial charge >= 0.3 is 0 Å². The Kier molecular flexibility index (Phi) is 5.67. The number of rotatable bonds is 7. The molecule has 0 aliphatic heterocycles. The van der Waals surface area contributed by atoms with E-state index >= 15 is 0 Å². The van der Waals surface area contributed by atoms with Crippen LogP contribution >= 0.6 is 11.6 Å². The molecule has 0 saturated heterocycles. The number of hydrogen-bond acceptors (Lipinski definition) is 4. The van der Waals surface area contributed by atoms with Gasteiger partial charge in [-0.1, -0.05) is 17.7 Å². The Morgan fingerprint density at radius 1 is 1.00 bits per heavy atom. The Morgan fingerprint density at radius 2 is 1.73 bits per heavy atom. The maximum atomic E-state index is 10.7. The van der Waals surface area contributed by atoms with E-state index in [-0.39, 0.29) is 0 Å². The van der Waals surface area contributed by atoms with Gasteiger partial charge in [0.05, 0.1) is 12.1 Å². The number of aldehydes is 1. The third-order valence-corrected chi connectivity index (χ3v) is 3.32. The molecule has 0 heterocycles. The van der Waals surface area contributed by atoms with E-state index in [4.69, 9.17) is 25.8 Å². The summed E-state index contributed by atoms with van der Waals surface area (Å²) < 4.78 is 16.4. The molecule has 0 N–H and O–H groups in total. The maximum absolute atomic E-state index is 10.7. The largest absolute Gasteiger partial charge is 0.493 e. The van der Waals surface area contributed by atoms with Crippen molar-refractivity contribution < 1.29 is 19.0 Å². The smallest absolute Gasteiger partial charge is 0.161 e. The fourth-order valence-corrected chi connectivity index (χ4v) is 2.07. The Hall–Kier alpha value is -2.20. The Balaban J connectivity index is 1.91. The number of methoxy groups -OCH3 is 1. The molecule has 0 spiro atoms. The number of carbonyl (C=O) groups is 1. The number of ether oxygens (including phenoxy) is 3. The number of halogens is 1. The average Bonchev–Trinajstić information content (AvgIpc) is 2.54. The van der Waals surface area contributed by atoms with Crippen LogP contribution in [0.3, 0.4) is 0 Å². The molecular formula is C17H17ClO4. The number of benzene rings is 2. The molecule has 0 unspecified atom stereocenters. The highest BCUT2D eigenvalue weighted by Crippen LogP contribution is 2.28. The zero-order valence-electron chi connectivity index (χ0n) is 12.5. The van der Waals surface area contributed by atoms with E-state index in [1.807, 2.05) is 19.1 Å². The molecule has 4 nitrogen and oxygen atoms in total. The predicted octanol–water partition coefficient (Wildman–Crippen LogP) is 3.93. The van der Waals surface area contributed by atoms with Crippen LogP contribution in [0.15, 0.2) is 36.4 Å². The quantitative estimate of drug-likeness (QED) is 0.573. The van der Waals surface area contributed by atoms with Gasteiger partial charge in [-0.05, 0) is 42.8 Å². The normalized spacial score (nSPS) is 10.1. The Morgan fingerprint density at radius 3 is 2.41 bits per heavy atom. The van der Waals surface area contributed by atoms with Crippen molar-refractivity contribution in [3.8, 4) is 17.2 Å². The minimum absolute atomic E-state index is 0.334. The van der Waals surface area contributed by atoms with Crippen molar-refractivity contribution in [1.82, 2.24) is 0 Å².